The van der Waals surface area contributed by atoms with Gasteiger partial charge in [-0.3, -0.25) is 9.59 Å². The van der Waals surface area contributed by atoms with E-state index in [1.165, 1.54) is 11.4 Å². The molecule has 3 aromatic carbocycles. The number of hydrogen-bond donors (Lipinski definition) is 1. The molecule has 0 spiro atoms. The second kappa shape index (κ2) is 15.0. The van der Waals surface area contributed by atoms with Crippen LogP contribution in [0.5, 0.6) is 0 Å². The lowest BCUT2D eigenvalue weighted by atomic mass is 10.0. The molecule has 0 radical (unpaired) electrons. The minimum absolute atomic E-state index is 0.0557. The van der Waals surface area contributed by atoms with E-state index in [1.807, 2.05) is 62.4 Å². The van der Waals surface area contributed by atoms with Gasteiger partial charge in [0.25, 0.3) is 0 Å². The fraction of sp³-hybridized carbons (Fsp3) is 0.355. The predicted octanol–water partition coefficient (Wildman–Crippen LogP) is 5.30. The van der Waals surface area contributed by atoms with E-state index in [9.17, 15) is 18.0 Å². The third-order valence-corrected chi connectivity index (χ3v) is 9.13. The molecule has 0 aliphatic carbocycles. The first-order valence-corrected chi connectivity index (χ1v) is 15.3. The van der Waals surface area contributed by atoms with Gasteiger partial charge in [0, 0.05) is 44.0 Å². The topological polar surface area (TPSA) is 86.8 Å². The lowest BCUT2D eigenvalue weighted by Gasteiger charge is -2.32. The summed E-state index contributed by atoms with van der Waals surface area (Å²) < 4.78 is 27.1. The van der Waals surface area contributed by atoms with Gasteiger partial charge in [-0.15, -0.1) is 0 Å². The van der Waals surface area contributed by atoms with Crippen molar-refractivity contribution in [2.24, 2.45) is 0 Å². The van der Waals surface area contributed by atoms with Gasteiger partial charge in [-0.2, -0.15) is 0 Å². The van der Waals surface area contributed by atoms with Gasteiger partial charge in [0.2, 0.25) is 21.8 Å². The number of nitrogens with zero attached hydrogens (tertiary/aromatic N) is 2. The summed E-state index contributed by atoms with van der Waals surface area (Å²) in [5.41, 5.74) is 1.66. The molecule has 0 aliphatic heterocycles. The Morgan fingerprint density at radius 3 is 2.15 bits per heavy atom. The van der Waals surface area contributed by atoms with E-state index in [1.54, 1.807) is 41.3 Å². The standard InChI is InChI=1S/C31H38ClN3O4S/c1-4-24(2)33-31(37)29(22-25-14-7-5-8-15-25)35(23-26-16-11-12-19-28(26)32)30(36)20-13-21-34(3)40(38,39)27-17-9-6-10-18-27/h5-12,14-19,24,29H,4,13,20-23H2,1-3H3,(H,33,37). The van der Waals surface area contributed by atoms with Crippen LogP contribution in [0.25, 0.3) is 0 Å². The highest BCUT2D eigenvalue weighted by Gasteiger charge is 2.31. The van der Waals surface area contributed by atoms with Crippen LogP contribution in [-0.4, -0.2) is 55.1 Å². The van der Waals surface area contributed by atoms with Crippen molar-refractivity contribution < 1.29 is 18.0 Å². The first kappa shape index (κ1) is 31.3. The van der Waals surface area contributed by atoms with Crippen LogP contribution in [0.1, 0.15) is 44.2 Å². The van der Waals surface area contributed by atoms with Gasteiger partial charge < -0.3 is 10.2 Å². The van der Waals surface area contributed by atoms with Crippen molar-refractivity contribution in [1.29, 1.82) is 0 Å². The van der Waals surface area contributed by atoms with Crippen LogP contribution in [0.2, 0.25) is 5.02 Å². The zero-order valence-corrected chi connectivity index (χ0v) is 24.9. The molecule has 3 aromatic rings. The first-order valence-electron chi connectivity index (χ1n) is 13.5. The SMILES string of the molecule is CCC(C)NC(=O)C(Cc1ccccc1)N(Cc1ccccc1Cl)C(=O)CCCN(C)S(=O)(=O)c1ccccc1. The number of sulfonamides is 1. The van der Waals surface area contributed by atoms with E-state index < -0.39 is 16.1 Å². The van der Waals surface area contributed by atoms with Crippen molar-refractivity contribution >= 4 is 33.4 Å². The van der Waals surface area contributed by atoms with Gasteiger partial charge in [0.15, 0.2) is 0 Å². The number of amides is 2. The molecule has 1 N–H and O–H groups in total. The Labute approximate surface area is 243 Å². The second-order valence-electron chi connectivity index (χ2n) is 9.88. The van der Waals surface area contributed by atoms with E-state index in [4.69, 9.17) is 11.6 Å². The van der Waals surface area contributed by atoms with Gasteiger partial charge in [0.1, 0.15) is 6.04 Å². The zero-order valence-electron chi connectivity index (χ0n) is 23.3. The molecule has 0 bridgehead atoms. The highest BCUT2D eigenvalue weighted by Crippen LogP contribution is 2.22. The molecule has 0 saturated carbocycles. The van der Waals surface area contributed by atoms with Crippen LogP contribution in [0.3, 0.4) is 0 Å². The Kier molecular flexibility index (Phi) is 11.7. The van der Waals surface area contributed by atoms with Crippen LogP contribution in [0.15, 0.2) is 89.8 Å². The summed E-state index contributed by atoms with van der Waals surface area (Å²) in [7, 11) is -2.17. The Balaban J connectivity index is 1.84. The quantitative estimate of drug-likeness (QED) is 0.279. The summed E-state index contributed by atoms with van der Waals surface area (Å²) in [6.07, 6.45) is 1.46. The zero-order chi connectivity index (χ0) is 29.1. The molecule has 2 unspecified atom stereocenters. The average molecular weight is 584 g/mol. The summed E-state index contributed by atoms with van der Waals surface area (Å²) in [5.74, 6) is -0.479. The van der Waals surface area contributed by atoms with E-state index in [-0.39, 0.29) is 42.3 Å². The van der Waals surface area contributed by atoms with E-state index in [0.717, 1.165) is 17.5 Å². The molecular formula is C31H38ClN3O4S. The molecule has 214 valence electrons. The van der Waals surface area contributed by atoms with Crippen molar-refractivity contribution in [3.05, 3.63) is 101 Å². The smallest absolute Gasteiger partial charge is 0.243 e. The molecule has 2 atom stereocenters. The second-order valence-corrected chi connectivity index (χ2v) is 12.3. The van der Waals surface area contributed by atoms with Crippen LogP contribution in [-0.2, 0) is 32.6 Å². The van der Waals surface area contributed by atoms with Crippen molar-refractivity contribution in [3.8, 4) is 0 Å². The summed E-state index contributed by atoms with van der Waals surface area (Å²) in [6, 6.07) is 24.2. The van der Waals surface area contributed by atoms with E-state index in [2.05, 4.69) is 5.32 Å². The molecule has 0 heterocycles. The fourth-order valence-corrected chi connectivity index (χ4v) is 5.72. The minimum atomic E-state index is -3.67. The lowest BCUT2D eigenvalue weighted by Crippen LogP contribution is -2.52. The highest BCUT2D eigenvalue weighted by atomic mass is 35.5. The fourth-order valence-electron chi connectivity index (χ4n) is 4.29. The third-order valence-electron chi connectivity index (χ3n) is 6.89. The molecule has 40 heavy (non-hydrogen) atoms. The van der Waals surface area contributed by atoms with Crippen molar-refractivity contribution in [1.82, 2.24) is 14.5 Å². The Bertz CT molecular complexity index is 1350. The van der Waals surface area contributed by atoms with E-state index >= 15 is 0 Å². The van der Waals surface area contributed by atoms with Crippen molar-refractivity contribution in [2.75, 3.05) is 13.6 Å². The normalized spacial score (nSPS) is 13.0. The summed E-state index contributed by atoms with van der Waals surface area (Å²) in [6.45, 7) is 4.23. The predicted molar refractivity (Wildman–Crippen MR) is 159 cm³/mol. The minimum Gasteiger partial charge on any atom is -0.352 e. The molecule has 0 saturated heterocycles. The van der Waals surface area contributed by atoms with Crippen LogP contribution in [0, 0.1) is 0 Å². The molecule has 2 amide bonds. The van der Waals surface area contributed by atoms with Gasteiger partial charge in [-0.25, -0.2) is 12.7 Å². The molecule has 0 aromatic heterocycles. The molecule has 0 aliphatic rings. The number of hydrogen-bond acceptors (Lipinski definition) is 4. The Hall–Kier alpha value is -3.20. The molecule has 0 fully saturated rings. The molecule has 9 heteroatoms. The van der Waals surface area contributed by atoms with Gasteiger partial charge >= 0.3 is 0 Å². The van der Waals surface area contributed by atoms with Crippen molar-refractivity contribution in [3.63, 3.8) is 0 Å². The molecule has 7 nitrogen and oxygen atoms in total. The van der Waals surface area contributed by atoms with Crippen molar-refractivity contribution in [2.45, 2.75) is 63.1 Å². The van der Waals surface area contributed by atoms with Gasteiger partial charge in [0.05, 0.1) is 4.90 Å². The van der Waals surface area contributed by atoms with Gasteiger partial charge in [-0.1, -0.05) is 85.3 Å². The number of carbonyl (C=O) groups is 2. The lowest BCUT2D eigenvalue weighted by molar-refractivity contribution is -0.141. The van der Waals surface area contributed by atoms with Gasteiger partial charge in [-0.05, 0) is 49.1 Å². The Morgan fingerprint density at radius 2 is 1.52 bits per heavy atom. The average Bonchev–Trinajstić information content (AvgIpc) is 2.96. The Morgan fingerprint density at radius 1 is 0.925 bits per heavy atom. The third kappa shape index (κ3) is 8.65. The number of rotatable bonds is 14. The highest BCUT2D eigenvalue weighted by molar-refractivity contribution is 7.89. The number of benzene rings is 3. The van der Waals surface area contributed by atoms with E-state index in [0.29, 0.717) is 17.9 Å². The maximum atomic E-state index is 13.8. The largest absolute Gasteiger partial charge is 0.352 e. The number of carbonyl (C=O) groups excluding carboxylic acids is 2. The maximum absolute atomic E-state index is 13.8. The number of nitrogens with one attached hydrogen (secondary N) is 1. The van der Waals surface area contributed by atoms with Crippen LogP contribution < -0.4 is 5.32 Å². The molecular weight excluding hydrogens is 546 g/mol. The monoisotopic (exact) mass is 583 g/mol. The maximum Gasteiger partial charge on any atom is 0.243 e. The molecule has 3 rings (SSSR count). The number of halogens is 1. The summed E-state index contributed by atoms with van der Waals surface area (Å²) in [4.78, 5) is 29.2. The van der Waals surface area contributed by atoms with Crippen LogP contribution >= 0.6 is 11.6 Å². The summed E-state index contributed by atoms with van der Waals surface area (Å²) >= 11 is 6.47. The van der Waals surface area contributed by atoms with Crippen LogP contribution in [0.4, 0.5) is 0 Å². The summed E-state index contributed by atoms with van der Waals surface area (Å²) in [5, 5.41) is 3.55. The first-order chi connectivity index (χ1) is 19.1.